The second-order valence-electron chi connectivity index (χ2n) is 4.21. The maximum Gasteiger partial charge on any atom is 0.178 e. The van der Waals surface area contributed by atoms with Crippen molar-refractivity contribution in [3.8, 4) is 0 Å². The molecule has 0 fully saturated rings. The molecule has 1 nitrogen and oxygen atoms in total. The van der Waals surface area contributed by atoms with Gasteiger partial charge in [-0.2, -0.15) is 0 Å². The zero-order valence-corrected chi connectivity index (χ0v) is 10.7. The number of hydrogen-bond donors (Lipinski definition) is 0. The van der Waals surface area contributed by atoms with Crippen molar-refractivity contribution in [3.05, 3.63) is 90.1 Å². The smallest absolute Gasteiger partial charge is 0.178 e. The van der Waals surface area contributed by atoms with Crippen LogP contribution in [0, 0.1) is 0 Å². The lowest BCUT2D eigenvalue weighted by atomic mass is 10.1. The predicted octanol–water partition coefficient (Wildman–Crippen LogP) is 4.27. The third-order valence-electron chi connectivity index (χ3n) is 2.69. The van der Waals surface area contributed by atoms with Crippen LogP contribution in [0.15, 0.2) is 84.5 Å². The highest BCUT2D eigenvalue weighted by Crippen LogP contribution is 2.06. The number of rotatable bonds is 4. The van der Waals surface area contributed by atoms with Crippen molar-refractivity contribution in [3.63, 3.8) is 0 Å². The summed E-state index contributed by atoms with van der Waals surface area (Å²) >= 11 is 0. The summed E-state index contributed by atoms with van der Waals surface area (Å²) in [5.41, 5.74) is 2.07. The molecule has 0 N–H and O–H groups in total. The van der Waals surface area contributed by atoms with Crippen LogP contribution in [0.3, 0.4) is 0 Å². The van der Waals surface area contributed by atoms with Crippen molar-refractivity contribution in [2.75, 3.05) is 0 Å². The van der Waals surface area contributed by atoms with Crippen LogP contribution in [-0.2, 0) is 4.79 Å². The Morgan fingerprint density at radius 2 is 1.79 bits per heavy atom. The Bertz CT molecular complexity index is 569. The quantitative estimate of drug-likeness (QED) is 0.727. The van der Waals surface area contributed by atoms with Gasteiger partial charge in [0.05, 0.1) is 0 Å². The van der Waals surface area contributed by atoms with Gasteiger partial charge >= 0.3 is 0 Å². The van der Waals surface area contributed by atoms with E-state index in [0.29, 0.717) is 0 Å². The van der Waals surface area contributed by atoms with Crippen molar-refractivity contribution in [1.29, 1.82) is 0 Å². The van der Waals surface area contributed by atoms with E-state index in [9.17, 15) is 4.79 Å². The summed E-state index contributed by atoms with van der Waals surface area (Å²) in [7, 11) is 0. The van der Waals surface area contributed by atoms with E-state index in [1.807, 2.05) is 60.7 Å². The monoisotopic (exact) mass is 248 g/mol. The van der Waals surface area contributed by atoms with Gasteiger partial charge in [-0.05, 0) is 29.7 Å². The molecule has 0 saturated carbocycles. The molecule has 0 unspecified atom stereocenters. The Morgan fingerprint density at radius 3 is 2.63 bits per heavy atom. The highest BCUT2D eigenvalue weighted by atomic mass is 16.1. The molecular formula is C18H16O. The molecule has 1 aromatic carbocycles. The minimum absolute atomic E-state index is 0.00798. The Morgan fingerprint density at radius 1 is 1.00 bits per heavy atom. The van der Waals surface area contributed by atoms with Gasteiger partial charge in [-0.3, -0.25) is 4.79 Å². The summed E-state index contributed by atoms with van der Waals surface area (Å²) in [6, 6.07) is 9.79. The highest BCUT2D eigenvalue weighted by molar-refractivity contribution is 6.02. The van der Waals surface area contributed by atoms with Crippen LogP contribution in [0.5, 0.6) is 0 Å². The van der Waals surface area contributed by atoms with E-state index in [0.717, 1.165) is 17.6 Å². The van der Waals surface area contributed by atoms with Gasteiger partial charge < -0.3 is 0 Å². The molecule has 1 aliphatic rings. The first-order chi connectivity index (χ1) is 9.34. The standard InChI is InChI=1S/C18H16O/c19-18(15-13-17-10-6-3-7-11-17)14-12-16-8-4-1-2-5-9-16/h1,3-15H,2H2. The number of allylic oxidation sites excluding steroid dienone is 9. The molecule has 0 bridgehead atoms. The average Bonchev–Trinajstić information content (AvgIpc) is 2.73. The minimum atomic E-state index is -0.00798. The molecule has 1 aliphatic carbocycles. The van der Waals surface area contributed by atoms with E-state index in [1.54, 1.807) is 12.2 Å². The number of benzene rings is 1. The van der Waals surface area contributed by atoms with E-state index in [2.05, 4.69) is 12.2 Å². The topological polar surface area (TPSA) is 17.1 Å². The Hall–Kier alpha value is -2.41. The van der Waals surface area contributed by atoms with E-state index < -0.39 is 0 Å². The molecule has 94 valence electrons. The first kappa shape index (κ1) is 13.0. The summed E-state index contributed by atoms with van der Waals surface area (Å²) < 4.78 is 0. The Balaban J connectivity index is 1.96. The normalized spacial score (nSPS) is 14.8. The average molecular weight is 248 g/mol. The fourth-order valence-corrected chi connectivity index (χ4v) is 1.68. The number of ketones is 1. The van der Waals surface area contributed by atoms with Gasteiger partial charge in [0, 0.05) is 0 Å². The molecule has 19 heavy (non-hydrogen) atoms. The van der Waals surface area contributed by atoms with E-state index in [-0.39, 0.29) is 5.78 Å². The van der Waals surface area contributed by atoms with Gasteiger partial charge in [0.25, 0.3) is 0 Å². The molecule has 1 heteroatoms. The second-order valence-corrected chi connectivity index (χ2v) is 4.21. The van der Waals surface area contributed by atoms with E-state index in [1.165, 1.54) is 0 Å². The van der Waals surface area contributed by atoms with Crippen molar-refractivity contribution in [2.24, 2.45) is 0 Å². The summed E-state index contributed by atoms with van der Waals surface area (Å²) in [6.45, 7) is 0. The molecule has 0 heterocycles. The van der Waals surface area contributed by atoms with Gasteiger partial charge in [-0.25, -0.2) is 0 Å². The fraction of sp³-hybridized carbons (Fsp3) is 0.0556. The zero-order chi connectivity index (χ0) is 13.3. The second kappa shape index (κ2) is 7.12. The van der Waals surface area contributed by atoms with Crippen molar-refractivity contribution in [2.45, 2.75) is 6.42 Å². The fourth-order valence-electron chi connectivity index (χ4n) is 1.68. The third kappa shape index (κ3) is 4.76. The molecular weight excluding hydrogens is 232 g/mol. The predicted molar refractivity (Wildman–Crippen MR) is 80.6 cm³/mol. The molecule has 0 aliphatic heterocycles. The van der Waals surface area contributed by atoms with Crippen LogP contribution < -0.4 is 0 Å². The van der Waals surface area contributed by atoms with Gasteiger partial charge in [-0.1, -0.05) is 72.9 Å². The summed E-state index contributed by atoms with van der Waals surface area (Å²) in [5.74, 6) is -0.00798. The van der Waals surface area contributed by atoms with Gasteiger partial charge in [0.1, 0.15) is 0 Å². The van der Waals surface area contributed by atoms with Crippen LogP contribution >= 0.6 is 0 Å². The van der Waals surface area contributed by atoms with Crippen LogP contribution in [0.4, 0.5) is 0 Å². The zero-order valence-electron chi connectivity index (χ0n) is 10.7. The first-order valence-electron chi connectivity index (χ1n) is 6.33. The Labute approximate surface area is 114 Å². The van der Waals surface area contributed by atoms with E-state index in [4.69, 9.17) is 0 Å². The van der Waals surface area contributed by atoms with Gasteiger partial charge in [0.2, 0.25) is 0 Å². The lowest BCUT2D eigenvalue weighted by molar-refractivity contribution is -0.110. The van der Waals surface area contributed by atoms with E-state index >= 15 is 0 Å². The molecule has 0 amide bonds. The van der Waals surface area contributed by atoms with Crippen molar-refractivity contribution >= 4 is 11.9 Å². The number of carbonyl (C=O) groups excluding carboxylic acids is 1. The van der Waals surface area contributed by atoms with Crippen LogP contribution in [0.2, 0.25) is 0 Å². The third-order valence-corrected chi connectivity index (χ3v) is 2.69. The molecule has 0 atom stereocenters. The largest absolute Gasteiger partial charge is 0.290 e. The molecule has 2 rings (SSSR count). The minimum Gasteiger partial charge on any atom is -0.290 e. The summed E-state index contributed by atoms with van der Waals surface area (Å²) in [4.78, 5) is 11.7. The number of carbonyl (C=O) groups is 1. The summed E-state index contributed by atoms with van der Waals surface area (Å²) in [5, 5.41) is 0. The van der Waals surface area contributed by atoms with Crippen LogP contribution in [-0.4, -0.2) is 5.78 Å². The maximum atomic E-state index is 11.7. The van der Waals surface area contributed by atoms with Gasteiger partial charge in [-0.15, -0.1) is 0 Å². The number of hydrogen-bond acceptors (Lipinski definition) is 1. The highest BCUT2D eigenvalue weighted by Gasteiger charge is 1.92. The van der Waals surface area contributed by atoms with Crippen LogP contribution in [0.25, 0.3) is 6.08 Å². The Kier molecular flexibility index (Phi) is 4.88. The van der Waals surface area contributed by atoms with Crippen molar-refractivity contribution < 1.29 is 4.79 Å². The molecule has 0 spiro atoms. The molecule has 0 saturated heterocycles. The molecule has 1 aromatic rings. The molecule has 0 aromatic heterocycles. The van der Waals surface area contributed by atoms with Crippen LogP contribution in [0.1, 0.15) is 12.0 Å². The first-order valence-corrected chi connectivity index (χ1v) is 6.33. The molecule has 0 radical (unpaired) electrons. The summed E-state index contributed by atoms with van der Waals surface area (Å²) in [6.07, 6.45) is 17.9. The SMILES string of the molecule is O=C(C=CC1=CC=CCC=C1)C=Cc1ccccc1. The maximum absolute atomic E-state index is 11.7. The van der Waals surface area contributed by atoms with Crippen molar-refractivity contribution in [1.82, 2.24) is 0 Å². The van der Waals surface area contributed by atoms with Gasteiger partial charge in [0.15, 0.2) is 5.78 Å². The lowest BCUT2D eigenvalue weighted by Gasteiger charge is -1.91. The lowest BCUT2D eigenvalue weighted by Crippen LogP contribution is -1.85.